The number of halogens is 5. The van der Waals surface area contributed by atoms with Crippen LogP contribution in [0.2, 0.25) is 0 Å². The first-order chi connectivity index (χ1) is 15.9. The summed E-state index contributed by atoms with van der Waals surface area (Å²) in [5.41, 5.74) is -3.44. The molecule has 0 saturated heterocycles. The van der Waals surface area contributed by atoms with Gasteiger partial charge in [-0.1, -0.05) is 13.8 Å². The predicted molar refractivity (Wildman–Crippen MR) is 113 cm³/mol. The monoisotopic (exact) mass is 521 g/mol. The van der Waals surface area contributed by atoms with Crippen LogP contribution in [0.1, 0.15) is 60.8 Å². The van der Waals surface area contributed by atoms with Gasteiger partial charge in [-0.2, -0.15) is 23.0 Å². The molecule has 2 fully saturated rings. The van der Waals surface area contributed by atoms with E-state index in [-0.39, 0.29) is 23.5 Å². The van der Waals surface area contributed by atoms with Gasteiger partial charge in [-0.05, 0) is 23.8 Å². The topological polar surface area (TPSA) is 113 Å². The largest absolute Gasteiger partial charge is 0.428 e. The molecule has 3 atom stereocenters. The number of nitrogens with zero attached hydrogens (tertiary/aromatic N) is 4. The number of hydrogen-bond acceptors (Lipinski definition) is 5. The molecule has 2 aliphatic rings. The van der Waals surface area contributed by atoms with E-state index >= 15 is 0 Å². The van der Waals surface area contributed by atoms with Crippen molar-refractivity contribution in [2.24, 2.45) is 16.3 Å². The smallest absolute Gasteiger partial charge is 0.420 e. The molecular weight excluding hydrogens is 497 g/mol. The molecule has 2 aromatic heterocycles. The van der Waals surface area contributed by atoms with Crippen LogP contribution < -0.4 is 5.36 Å². The minimum atomic E-state index is -4.95. The Hall–Kier alpha value is -2.77. The summed E-state index contributed by atoms with van der Waals surface area (Å²) in [6.07, 6.45) is -3.63. The van der Waals surface area contributed by atoms with Crippen molar-refractivity contribution in [2.45, 2.75) is 62.7 Å². The maximum atomic E-state index is 14.2. The van der Waals surface area contributed by atoms with Crippen molar-refractivity contribution in [1.29, 1.82) is 4.78 Å². The molecule has 0 aromatic carbocycles. The van der Waals surface area contributed by atoms with Gasteiger partial charge in [0.05, 0.1) is 20.8 Å². The molecule has 8 nitrogen and oxygen atoms in total. The standard InChI is InChI=1S/C21H24F5N5O3S/c1-11-6-13(11)16-15(21(24,25)26)17(30(29-16)10-19(2)8-20(22,23)9-19)18(32)28-12-4-5-31(33)14(7-12)35(3,27)34/h4-5,7,11,13,27,33H,6,8-10H2,1-3H3. The molecule has 2 aromatic rings. The van der Waals surface area contributed by atoms with E-state index in [0.29, 0.717) is 11.2 Å². The summed E-state index contributed by atoms with van der Waals surface area (Å²) >= 11 is 0. The normalized spacial score (nSPS) is 25.1. The first-order valence-corrected chi connectivity index (χ1v) is 12.7. The first-order valence-electron chi connectivity index (χ1n) is 10.7. The van der Waals surface area contributed by atoms with E-state index in [1.807, 2.05) is 0 Å². The zero-order chi connectivity index (χ0) is 26.1. The van der Waals surface area contributed by atoms with Crippen molar-refractivity contribution in [2.75, 3.05) is 6.26 Å². The van der Waals surface area contributed by atoms with Crippen molar-refractivity contribution in [1.82, 2.24) is 14.5 Å². The highest BCUT2D eigenvalue weighted by molar-refractivity contribution is 7.91. The summed E-state index contributed by atoms with van der Waals surface area (Å²) in [6, 6.07) is 2.05. The number of amides is 1. The fraction of sp³-hybridized carbons (Fsp3) is 0.571. The lowest BCUT2D eigenvalue weighted by atomic mass is 9.67. The Morgan fingerprint density at radius 1 is 1.37 bits per heavy atom. The van der Waals surface area contributed by atoms with E-state index in [2.05, 4.69) is 10.1 Å². The van der Waals surface area contributed by atoms with E-state index in [9.17, 15) is 36.2 Å². The molecule has 4 rings (SSSR count). The number of rotatable bonds is 5. The molecule has 192 valence electrons. The molecule has 3 unspecified atom stereocenters. The Labute approximate surface area is 197 Å². The Bertz CT molecular complexity index is 1370. The van der Waals surface area contributed by atoms with Crippen LogP contribution in [-0.2, 0) is 22.5 Å². The Morgan fingerprint density at radius 3 is 2.46 bits per heavy atom. The van der Waals surface area contributed by atoms with E-state index < -0.39 is 68.2 Å². The van der Waals surface area contributed by atoms with Crippen LogP contribution in [0.15, 0.2) is 28.3 Å². The lowest BCUT2D eigenvalue weighted by molar-refractivity contribution is -0.160. The van der Waals surface area contributed by atoms with Crippen LogP contribution in [0.3, 0.4) is 0 Å². The highest BCUT2D eigenvalue weighted by Crippen LogP contribution is 2.54. The maximum absolute atomic E-state index is 14.2. The van der Waals surface area contributed by atoms with Crippen molar-refractivity contribution in [3.8, 4) is 0 Å². The van der Waals surface area contributed by atoms with Gasteiger partial charge in [0.25, 0.3) is 5.91 Å². The highest BCUT2D eigenvalue weighted by atomic mass is 32.2. The third-order valence-corrected chi connectivity index (χ3v) is 7.45. The molecule has 2 N–H and O–H groups in total. The van der Waals surface area contributed by atoms with Crippen LogP contribution in [0.4, 0.5) is 22.0 Å². The van der Waals surface area contributed by atoms with Crippen LogP contribution >= 0.6 is 0 Å². The first kappa shape index (κ1) is 25.3. The second kappa shape index (κ2) is 7.87. The lowest BCUT2D eigenvalue weighted by Gasteiger charge is -2.44. The van der Waals surface area contributed by atoms with E-state index in [4.69, 9.17) is 4.78 Å². The van der Waals surface area contributed by atoms with Gasteiger partial charge >= 0.3 is 6.18 Å². The number of carbonyl (C=O) groups is 1. The van der Waals surface area contributed by atoms with Gasteiger partial charge in [0.15, 0.2) is 5.03 Å². The number of pyridine rings is 1. The summed E-state index contributed by atoms with van der Waals surface area (Å²) in [7, 11) is -3.46. The number of nitrogens with one attached hydrogen (secondary N) is 1. The third-order valence-electron chi connectivity index (χ3n) is 6.34. The van der Waals surface area contributed by atoms with Crippen LogP contribution in [0.5, 0.6) is 0 Å². The molecular formula is C21H24F5N5O3S. The average Bonchev–Trinajstić information content (AvgIpc) is 3.25. The minimum Gasteiger partial charge on any atom is -0.428 e. The van der Waals surface area contributed by atoms with E-state index in [0.717, 1.165) is 29.3 Å². The molecule has 14 heteroatoms. The second-order valence-electron chi connectivity index (χ2n) is 9.93. The zero-order valence-electron chi connectivity index (χ0n) is 19.1. The SMILES string of the molecule is CC1CC1c1nn(CC2(C)CC(F)(F)C2)c(C(=O)N=c2ccn(O)c(S(C)(=N)=O)c2)c1C(F)(F)F. The number of hydrogen-bond donors (Lipinski definition) is 2. The molecule has 35 heavy (non-hydrogen) atoms. The molecule has 0 aliphatic heterocycles. The van der Waals surface area contributed by atoms with Gasteiger partial charge in [0.1, 0.15) is 11.3 Å². The predicted octanol–water partition coefficient (Wildman–Crippen LogP) is 4.28. The number of carbonyl (C=O) groups excluding carboxylic acids is 1. The van der Waals surface area contributed by atoms with Gasteiger partial charge in [-0.25, -0.2) is 22.8 Å². The Morgan fingerprint density at radius 2 is 1.97 bits per heavy atom. The van der Waals surface area contributed by atoms with Gasteiger partial charge in [0.2, 0.25) is 5.92 Å². The van der Waals surface area contributed by atoms with Crippen molar-refractivity contribution >= 4 is 15.6 Å². The summed E-state index contributed by atoms with van der Waals surface area (Å²) in [5, 5.41) is 13.2. The fourth-order valence-electron chi connectivity index (χ4n) is 4.72. The van der Waals surface area contributed by atoms with Gasteiger partial charge < -0.3 is 5.21 Å². The molecule has 0 radical (unpaired) electrons. The quantitative estimate of drug-likeness (QED) is 0.452. The van der Waals surface area contributed by atoms with E-state index in [1.54, 1.807) is 6.92 Å². The minimum absolute atomic E-state index is 0.0746. The van der Waals surface area contributed by atoms with E-state index in [1.165, 1.54) is 6.92 Å². The van der Waals surface area contributed by atoms with Crippen molar-refractivity contribution in [3.05, 3.63) is 40.6 Å². The Balaban J connectivity index is 1.86. The molecule has 1 amide bonds. The second-order valence-corrected chi connectivity index (χ2v) is 12.0. The maximum Gasteiger partial charge on any atom is 0.420 e. The van der Waals surface area contributed by atoms with Gasteiger partial charge in [-0.3, -0.25) is 9.48 Å². The third kappa shape index (κ3) is 4.98. The Kier molecular flexibility index (Phi) is 5.69. The summed E-state index contributed by atoms with van der Waals surface area (Å²) < 4.78 is 90.6. The highest BCUT2D eigenvalue weighted by Gasteiger charge is 2.55. The summed E-state index contributed by atoms with van der Waals surface area (Å²) in [6.45, 7) is 2.93. The van der Waals surface area contributed by atoms with Crippen LogP contribution in [-0.4, -0.2) is 42.0 Å². The summed E-state index contributed by atoms with van der Waals surface area (Å²) in [4.78, 5) is 16.9. The number of alkyl halides is 5. The summed E-state index contributed by atoms with van der Waals surface area (Å²) in [5.74, 6) is -4.83. The average molecular weight is 522 g/mol. The lowest BCUT2D eigenvalue weighted by Crippen LogP contribution is -2.47. The molecule has 0 bridgehead atoms. The molecule has 2 heterocycles. The number of aromatic nitrogens is 3. The van der Waals surface area contributed by atoms with Crippen LogP contribution in [0, 0.1) is 16.1 Å². The van der Waals surface area contributed by atoms with Gasteiger partial charge in [0, 0.05) is 43.8 Å². The molecule has 0 spiro atoms. The molecule has 2 saturated carbocycles. The van der Waals surface area contributed by atoms with Crippen molar-refractivity contribution < 1.29 is 36.2 Å². The van der Waals surface area contributed by atoms with Crippen molar-refractivity contribution in [3.63, 3.8) is 0 Å². The molecule has 2 aliphatic carbocycles. The fourth-order valence-corrected chi connectivity index (χ4v) is 5.48. The van der Waals surface area contributed by atoms with Crippen LogP contribution in [0.25, 0.3) is 0 Å². The van der Waals surface area contributed by atoms with Gasteiger partial charge in [-0.15, -0.1) is 0 Å². The zero-order valence-corrected chi connectivity index (χ0v) is 19.9.